The lowest BCUT2D eigenvalue weighted by molar-refractivity contribution is 0.0648. The molecule has 0 aromatic heterocycles. The van der Waals surface area contributed by atoms with Crippen molar-refractivity contribution < 1.29 is 9.84 Å². The van der Waals surface area contributed by atoms with Crippen LogP contribution in [0.3, 0.4) is 0 Å². The number of halogens is 2. The molecular weight excluding hydrogens is 285 g/mol. The van der Waals surface area contributed by atoms with E-state index in [-0.39, 0.29) is 0 Å². The van der Waals surface area contributed by atoms with Crippen molar-refractivity contribution in [3.8, 4) is 0 Å². The third-order valence-electron chi connectivity index (χ3n) is 2.25. The predicted molar refractivity (Wildman–Crippen MR) is 82.3 cm³/mol. The van der Waals surface area contributed by atoms with Gasteiger partial charge in [-0.3, -0.25) is 0 Å². The molecule has 2 N–H and O–H groups in total. The lowest BCUT2D eigenvalue weighted by Crippen LogP contribution is -2.31. The summed E-state index contributed by atoms with van der Waals surface area (Å²) in [5.74, 6) is 0. The van der Waals surface area contributed by atoms with Crippen molar-refractivity contribution in [2.45, 2.75) is 26.4 Å². The van der Waals surface area contributed by atoms with Crippen LogP contribution in [0.1, 0.15) is 19.4 Å². The molecule has 1 atom stereocenters. The molecular formula is C14H23Cl2NO2. The van der Waals surface area contributed by atoms with Crippen molar-refractivity contribution in [2.24, 2.45) is 0 Å². The normalized spacial score (nSPS) is 11.7. The van der Waals surface area contributed by atoms with Crippen molar-refractivity contribution in [1.82, 2.24) is 5.32 Å². The fourth-order valence-corrected chi connectivity index (χ4v) is 2.08. The highest BCUT2D eigenvalue weighted by Crippen LogP contribution is 2.19. The second-order valence-corrected chi connectivity index (χ2v) is 4.71. The topological polar surface area (TPSA) is 41.5 Å². The highest BCUT2D eigenvalue weighted by Gasteiger charge is 2.02. The van der Waals surface area contributed by atoms with Crippen molar-refractivity contribution in [3.63, 3.8) is 0 Å². The second kappa shape index (κ2) is 11.5. The van der Waals surface area contributed by atoms with E-state index < -0.39 is 6.10 Å². The van der Waals surface area contributed by atoms with Crippen LogP contribution in [0.25, 0.3) is 0 Å². The molecule has 110 valence electrons. The third kappa shape index (κ3) is 9.25. The van der Waals surface area contributed by atoms with Gasteiger partial charge in [-0.05, 0) is 36.7 Å². The van der Waals surface area contributed by atoms with Gasteiger partial charge >= 0.3 is 0 Å². The molecule has 1 unspecified atom stereocenters. The van der Waals surface area contributed by atoms with Crippen LogP contribution in [0.4, 0.5) is 0 Å². The van der Waals surface area contributed by atoms with E-state index in [0.717, 1.165) is 18.5 Å². The Morgan fingerprint density at radius 1 is 1.21 bits per heavy atom. The molecule has 1 aromatic rings. The van der Waals surface area contributed by atoms with Gasteiger partial charge in [0, 0.05) is 23.7 Å². The zero-order valence-corrected chi connectivity index (χ0v) is 13.3. The van der Waals surface area contributed by atoms with Gasteiger partial charge in [0.25, 0.3) is 0 Å². The summed E-state index contributed by atoms with van der Waals surface area (Å²) in [7, 11) is 1.57. The Hall–Kier alpha value is -0.320. The largest absolute Gasteiger partial charge is 0.389 e. The molecule has 0 bridgehead atoms. The monoisotopic (exact) mass is 307 g/mol. The number of hydrogen-bond acceptors (Lipinski definition) is 3. The number of hydrogen-bond donors (Lipinski definition) is 2. The van der Waals surface area contributed by atoms with Crippen LogP contribution >= 0.6 is 23.2 Å². The number of ether oxygens (including phenoxy) is 1. The first-order chi connectivity index (χ1) is 9.11. The summed E-state index contributed by atoms with van der Waals surface area (Å²) in [5.41, 5.74) is 1.08. The number of aliphatic hydroxyl groups is 1. The molecule has 1 aromatic carbocycles. The number of rotatable bonds is 7. The lowest BCUT2D eigenvalue weighted by Gasteiger charge is -2.10. The molecule has 3 nitrogen and oxygen atoms in total. The molecule has 1 rings (SSSR count). The molecule has 0 aliphatic carbocycles. The first-order valence-corrected chi connectivity index (χ1v) is 7.20. The summed E-state index contributed by atoms with van der Waals surface area (Å²) in [6.07, 6.45) is 0.350. The molecule has 5 heteroatoms. The Morgan fingerprint density at radius 2 is 1.79 bits per heavy atom. The highest BCUT2D eigenvalue weighted by atomic mass is 35.5. The van der Waals surface area contributed by atoms with E-state index in [0.29, 0.717) is 23.2 Å². The molecule has 19 heavy (non-hydrogen) atoms. The van der Waals surface area contributed by atoms with Gasteiger partial charge in [-0.15, -0.1) is 0 Å². The van der Waals surface area contributed by atoms with Gasteiger partial charge in [0.05, 0.1) is 12.7 Å². The van der Waals surface area contributed by atoms with Gasteiger partial charge in [0.2, 0.25) is 0 Å². The molecule has 0 amide bonds. The first kappa shape index (κ1) is 18.7. The molecule has 0 radical (unpaired) electrons. The highest BCUT2D eigenvalue weighted by molar-refractivity contribution is 6.34. The third-order valence-corrected chi connectivity index (χ3v) is 2.69. The summed E-state index contributed by atoms with van der Waals surface area (Å²) in [4.78, 5) is 0. The first-order valence-electron chi connectivity index (χ1n) is 6.44. The summed E-state index contributed by atoms with van der Waals surface area (Å²) >= 11 is 11.8. The maximum absolute atomic E-state index is 9.40. The van der Waals surface area contributed by atoms with Crippen molar-refractivity contribution in [2.75, 3.05) is 26.8 Å². The van der Waals surface area contributed by atoms with Gasteiger partial charge in [-0.1, -0.05) is 37.0 Å². The summed E-state index contributed by atoms with van der Waals surface area (Å²) in [6, 6.07) is 5.49. The Labute approximate surface area is 125 Å². The fourth-order valence-electron chi connectivity index (χ4n) is 1.51. The smallest absolute Gasteiger partial charge is 0.0897 e. The molecule has 0 heterocycles. The Morgan fingerprint density at radius 3 is 2.32 bits per heavy atom. The molecule has 0 saturated carbocycles. The molecule has 0 saturated heterocycles. The van der Waals surface area contributed by atoms with E-state index in [4.69, 9.17) is 27.9 Å². The van der Waals surface area contributed by atoms with Gasteiger partial charge in [-0.25, -0.2) is 0 Å². The lowest BCUT2D eigenvalue weighted by atomic mass is 10.1. The minimum Gasteiger partial charge on any atom is -0.389 e. The van der Waals surface area contributed by atoms with Crippen LogP contribution in [-0.4, -0.2) is 38.0 Å². The zero-order chi connectivity index (χ0) is 14.7. The molecule has 0 aliphatic heterocycles. The average molecular weight is 308 g/mol. The summed E-state index contributed by atoms with van der Waals surface area (Å²) < 4.78 is 4.83. The van der Waals surface area contributed by atoms with E-state index in [1.165, 1.54) is 0 Å². The SMILES string of the molecule is CC.COCC(O)CNCCc1cc(Cl)cc(Cl)c1. The maximum Gasteiger partial charge on any atom is 0.0897 e. The summed E-state index contributed by atoms with van der Waals surface area (Å²) in [6.45, 7) is 5.62. The Kier molecular flexibility index (Phi) is 11.3. The standard InChI is InChI=1S/C12H17Cl2NO2.C2H6/c1-17-8-12(16)7-15-3-2-9-4-10(13)6-11(14)5-9;1-2/h4-6,12,15-16H,2-3,7-8H2,1H3;1-2H3. The maximum atomic E-state index is 9.40. The Bertz CT molecular complexity index is 328. The van der Waals surface area contributed by atoms with E-state index >= 15 is 0 Å². The van der Waals surface area contributed by atoms with E-state index in [1.54, 1.807) is 13.2 Å². The van der Waals surface area contributed by atoms with E-state index in [1.807, 2.05) is 26.0 Å². The van der Waals surface area contributed by atoms with E-state index in [9.17, 15) is 5.11 Å². The average Bonchev–Trinajstić information content (AvgIpc) is 2.36. The number of nitrogens with one attached hydrogen (secondary N) is 1. The van der Waals surface area contributed by atoms with Crippen LogP contribution in [0.15, 0.2) is 18.2 Å². The van der Waals surface area contributed by atoms with Crippen LogP contribution in [0.2, 0.25) is 10.0 Å². The van der Waals surface area contributed by atoms with Crippen molar-refractivity contribution in [3.05, 3.63) is 33.8 Å². The van der Waals surface area contributed by atoms with Crippen molar-refractivity contribution >= 4 is 23.2 Å². The van der Waals surface area contributed by atoms with E-state index in [2.05, 4.69) is 5.32 Å². The minimum absolute atomic E-state index is 0.343. The van der Waals surface area contributed by atoms with Crippen LogP contribution in [0.5, 0.6) is 0 Å². The Balaban J connectivity index is 0.00000154. The zero-order valence-electron chi connectivity index (χ0n) is 11.7. The quantitative estimate of drug-likeness (QED) is 0.760. The number of benzene rings is 1. The number of aliphatic hydroxyl groups excluding tert-OH is 1. The van der Waals surface area contributed by atoms with Gasteiger partial charge in [-0.2, -0.15) is 0 Å². The second-order valence-electron chi connectivity index (χ2n) is 3.84. The number of methoxy groups -OCH3 is 1. The van der Waals surface area contributed by atoms with Crippen LogP contribution in [0, 0.1) is 0 Å². The minimum atomic E-state index is -0.469. The van der Waals surface area contributed by atoms with Crippen LogP contribution in [-0.2, 0) is 11.2 Å². The van der Waals surface area contributed by atoms with Gasteiger partial charge < -0.3 is 15.2 Å². The van der Waals surface area contributed by atoms with Gasteiger partial charge in [0.1, 0.15) is 0 Å². The fraction of sp³-hybridized carbons (Fsp3) is 0.571. The van der Waals surface area contributed by atoms with Gasteiger partial charge in [0.15, 0.2) is 0 Å². The predicted octanol–water partition coefficient (Wildman–Crippen LogP) is 3.16. The molecule has 0 fully saturated rings. The van der Waals surface area contributed by atoms with Crippen LogP contribution < -0.4 is 5.32 Å². The van der Waals surface area contributed by atoms with Crippen molar-refractivity contribution in [1.29, 1.82) is 0 Å². The molecule has 0 spiro atoms. The summed E-state index contributed by atoms with van der Waals surface area (Å²) in [5, 5.41) is 13.8. The molecule has 0 aliphatic rings.